The fraction of sp³-hybridized carbons (Fsp3) is 0.0435. The molecule has 0 atom stereocenters. The summed E-state index contributed by atoms with van der Waals surface area (Å²) in [5.74, 6) is 1.62. The van der Waals surface area contributed by atoms with Crippen molar-refractivity contribution in [3.8, 4) is 34.3 Å². The third-order valence-corrected chi connectivity index (χ3v) is 4.40. The van der Waals surface area contributed by atoms with Crippen LogP contribution in [0.15, 0.2) is 72.8 Å². The Morgan fingerprint density at radius 3 is 2.34 bits per heavy atom. The zero-order valence-electron chi connectivity index (χ0n) is 15.7. The van der Waals surface area contributed by atoms with Gasteiger partial charge in [0.1, 0.15) is 5.75 Å². The lowest BCUT2D eigenvalue weighted by molar-refractivity contribution is 0.373. The number of methoxy groups -OCH3 is 1. The lowest BCUT2D eigenvalue weighted by Gasteiger charge is -2.06. The van der Waals surface area contributed by atoms with Gasteiger partial charge in [0.2, 0.25) is 0 Å². The van der Waals surface area contributed by atoms with E-state index in [9.17, 15) is 10.2 Å². The molecule has 0 saturated heterocycles. The molecule has 2 N–H and O–H groups in total. The molecule has 4 rings (SSSR count). The van der Waals surface area contributed by atoms with E-state index in [1.54, 1.807) is 47.2 Å². The number of aromatic nitrogens is 3. The van der Waals surface area contributed by atoms with Crippen LogP contribution >= 0.6 is 0 Å². The van der Waals surface area contributed by atoms with E-state index in [0.717, 1.165) is 11.3 Å². The van der Waals surface area contributed by atoms with E-state index in [0.29, 0.717) is 23.0 Å². The summed E-state index contributed by atoms with van der Waals surface area (Å²) >= 11 is 0. The Morgan fingerprint density at radius 2 is 1.62 bits per heavy atom. The molecule has 6 nitrogen and oxygen atoms in total. The summed E-state index contributed by atoms with van der Waals surface area (Å²) in [5, 5.41) is 24.8. The molecule has 29 heavy (non-hydrogen) atoms. The summed E-state index contributed by atoms with van der Waals surface area (Å²) in [6, 6.07) is 21.8. The van der Waals surface area contributed by atoms with Crippen molar-refractivity contribution in [1.82, 2.24) is 14.8 Å². The fourth-order valence-electron chi connectivity index (χ4n) is 2.97. The van der Waals surface area contributed by atoms with E-state index in [4.69, 9.17) is 4.74 Å². The number of aromatic hydroxyl groups is 2. The minimum absolute atomic E-state index is 0.0623. The van der Waals surface area contributed by atoms with Gasteiger partial charge in [-0.05, 0) is 48.0 Å². The number of hydrogen-bond acceptors (Lipinski definition) is 5. The molecule has 144 valence electrons. The van der Waals surface area contributed by atoms with E-state index in [-0.39, 0.29) is 11.5 Å². The first kappa shape index (κ1) is 18.3. The molecular formula is C23H19N3O3. The van der Waals surface area contributed by atoms with Gasteiger partial charge in [0.25, 0.3) is 0 Å². The van der Waals surface area contributed by atoms with Gasteiger partial charge in [-0.15, -0.1) is 5.10 Å². The van der Waals surface area contributed by atoms with Crippen molar-refractivity contribution in [1.29, 1.82) is 0 Å². The van der Waals surface area contributed by atoms with Crippen molar-refractivity contribution in [3.05, 3.63) is 84.2 Å². The van der Waals surface area contributed by atoms with Gasteiger partial charge in [0.15, 0.2) is 23.1 Å². The van der Waals surface area contributed by atoms with Crippen LogP contribution in [0.3, 0.4) is 0 Å². The minimum Gasteiger partial charge on any atom is -0.507 e. The molecule has 0 bridgehead atoms. The standard InChI is InChI=1S/C23H19N3O3/c1-29-21-13-11-16(15-20(21)28)12-14-22-24-23(18-9-5-6-10-19(18)27)26(25-22)17-7-3-2-4-8-17/h2-15,27-28H,1H3/b14-12+. The number of nitrogens with zero attached hydrogens (tertiary/aromatic N) is 3. The highest BCUT2D eigenvalue weighted by molar-refractivity contribution is 5.71. The Hall–Kier alpha value is -4.06. The molecule has 3 aromatic carbocycles. The highest BCUT2D eigenvalue weighted by atomic mass is 16.5. The Bertz CT molecular complexity index is 1170. The molecule has 1 aromatic heterocycles. The van der Waals surface area contributed by atoms with Crippen LogP contribution in [0.2, 0.25) is 0 Å². The first-order valence-corrected chi connectivity index (χ1v) is 9.01. The normalized spacial score (nSPS) is 11.1. The number of phenols is 2. The molecule has 0 aliphatic rings. The second-order valence-corrected chi connectivity index (χ2v) is 6.32. The van der Waals surface area contributed by atoms with Crippen molar-refractivity contribution in [2.75, 3.05) is 7.11 Å². The summed E-state index contributed by atoms with van der Waals surface area (Å²) < 4.78 is 6.76. The van der Waals surface area contributed by atoms with Crippen LogP contribution in [-0.4, -0.2) is 32.1 Å². The highest BCUT2D eigenvalue weighted by Gasteiger charge is 2.15. The topological polar surface area (TPSA) is 80.4 Å². The van der Waals surface area contributed by atoms with Crippen molar-refractivity contribution in [2.24, 2.45) is 0 Å². The van der Waals surface area contributed by atoms with Crippen molar-refractivity contribution in [3.63, 3.8) is 0 Å². The predicted octanol–water partition coefficient (Wildman–Crippen LogP) is 4.52. The summed E-state index contributed by atoms with van der Waals surface area (Å²) in [7, 11) is 1.51. The van der Waals surface area contributed by atoms with Crippen LogP contribution in [-0.2, 0) is 0 Å². The van der Waals surface area contributed by atoms with E-state index in [2.05, 4.69) is 10.1 Å². The summed E-state index contributed by atoms with van der Waals surface area (Å²) in [6.07, 6.45) is 3.56. The molecule has 0 radical (unpaired) electrons. The molecule has 0 saturated carbocycles. The van der Waals surface area contributed by atoms with E-state index in [1.807, 2.05) is 42.5 Å². The molecule has 0 aliphatic carbocycles. The lowest BCUT2D eigenvalue weighted by Crippen LogP contribution is -1.99. The number of phenolic OH excluding ortho intramolecular Hbond substituents is 2. The number of benzene rings is 3. The summed E-state index contributed by atoms with van der Waals surface area (Å²) in [4.78, 5) is 4.61. The van der Waals surface area contributed by atoms with Gasteiger partial charge in [0.05, 0.1) is 18.4 Å². The smallest absolute Gasteiger partial charge is 0.175 e. The van der Waals surface area contributed by atoms with Gasteiger partial charge in [-0.3, -0.25) is 0 Å². The molecule has 0 aliphatic heterocycles. The zero-order valence-corrected chi connectivity index (χ0v) is 15.7. The average Bonchev–Trinajstić information content (AvgIpc) is 3.17. The average molecular weight is 385 g/mol. The predicted molar refractivity (Wildman–Crippen MR) is 112 cm³/mol. The number of hydrogen-bond donors (Lipinski definition) is 2. The Kier molecular flexibility index (Phi) is 4.99. The fourth-order valence-corrected chi connectivity index (χ4v) is 2.97. The maximum Gasteiger partial charge on any atom is 0.175 e. The molecule has 4 aromatic rings. The van der Waals surface area contributed by atoms with Gasteiger partial charge in [-0.1, -0.05) is 42.5 Å². The zero-order chi connectivity index (χ0) is 20.2. The number of ether oxygens (including phenoxy) is 1. The SMILES string of the molecule is COc1ccc(/C=C/c2nc(-c3ccccc3O)n(-c3ccccc3)n2)cc1O. The summed E-state index contributed by atoms with van der Waals surface area (Å²) in [6.45, 7) is 0. The van der Waals surface area contributed by atoms with Crippen LogP contribution in [0.4, 0.5) is 0 Å². The van der Waals surface area contributed by atoms with Gasteiger partial charge in [-0.2, -0.15) is 0 Å². The van der Waals surface area contributed by atoms with Gasteiger partial charge >= 0.3 is 0 Å². The van der Waals surface area contributed by atoms with Gasteiger partial charge in [0, 0.05) is 0 Å². The molecule has 0 amide bonds. The highest BCUT2D eigenvalue weighted by Crippen LogP contribution is 2.30. The molecule has 0 spiro atoms. The third-order valence-electron chi connectivity index (χ3n) is 4.40. The van der Waals surface area contributed by atoms with Gasteiger partial charge in [-0.25, -0.2) is 9.67 Å². The minimum atomic E-state index is 0.0623. The van der Waals surface area contributed by atoms with Crippen LogP contribution in [0, 0.1) is 0 Å². The van der Waals surface area contributed by atoms with Crippen molar-refractivity contribution < 1.29 is 14.9 Å². The van der Waals surface area contributed by atoms with E-state index < -0.39 is 0 Å². The maximum absolute atomic E-state index is 10.3. The third kappa shape index (κ3) is 3.82. The monoisotopic (exact) mass is 385 g/mol. The first-order chi connectivity index (χ1) is 14.2. The van der Waals surface area contributed by atoms with Crippen molar-refractivity contribution >= 4 is 12.2 Å². The first-order valence-electron chi connectivity index (χ1n) is 9.01. The van der Waals surface area contributed by atoms with E-state index >= 15 is 0 Å². The second kappa shape index (κ2) is 7.90. The maximum atomic E-state index is 10.3. The quantitative estimate of drug-likeness (QED) is 0.528. The number of rotatable bonds is 5. The van der Waals surface area contributed by atoms with Crippen LogP contribution < -0.4 is 4.74 Å². The largest absolute Gasteiger partial charge is 0.507 e. The Labute approximate surface area is 168 Å². The van der Waals surface area contributed by atoms with Crippen LogP contribution in [0.1, 0.15) is 11.4 Å². The second-order valence-electron chi connectivity index (χ2n) is 6.32. The molecule has 0 fully saturated rings. The molecule has 1 heterocycles. The van der Waals surface area contributed by atoms with Gasteiger partial charge < -0.3 is 14.9 Å². The molecule has 0 unspecified atom stereocenters. The summed E-state index contributed by atoms with van der Waals surface area (Å²) in [5.41, 5.74) is 2.20. The Morgan fingerprint density at radius 1 is 0.862 bits per heavy atom. The molecular weight excluding hydrogens is 366 g/mol. The molecule has 6 heteroatoms. The van der Waals surface area contributed by atoms with Crippen LogP contribution in [0.25, 0.3) is 29.2 Å². The lowest BCUT2D eigenvalue weighted by atomic mass is 10.2. The van der Waals surface area contributed by atoms with E-state index in [1.165, 1.54) is 7.11 Å². The van der Waals surface area contributed by atoms with Crippen LogP contribution in [0.5, 0.6) is 17.2 Å². The van der Waals surface area contributed by atoms with Crippen molar-refractivity contribution in [2.45, 2.75) is 0 Å². The number of para-hydroxylation sites is 2. The Balaban J connectivity index is 1.75.